The maximum absolute atomic E-state index is 12.1. The fraction of sp³-hybridized carbons (Fsp3) is 0.538. The molecule has 8 nitrogen and oxygen atoms in total. The summed E-state index contributed by atoms with van der Waals surface area (Å²) < 4.78 is 4.44. The molecule has 3 N–H and O–H groups in total. The minimum atomic E-state index is -1.23. The fourth-order valence-electron chi connectivity index (χ4n) is 1.70. The molecule has 0 saturated heterocycles. The number of amides is 1. The van der Waals surface area contributed by atoms with E-state index in [1.165, 1.54) is 6.92 Å². The molecule has 1 rings (SSSR count). The van der Waals surface area contributed by atoms with E-state index in [-0.39, 0.29) is 17.2 Å². The number of hydrogen-bond donors (Lipinski definition) is 3. The lowest BCUT2D eigenvalue weighted by molar-refractivity contribution is -0.143. The SMILES string of the molecule is COC(=O)C(CO)NC(=O)c1c(C)nc(C(C)C)[nH]c1=O. The molecule has 1 heterocycles. The normalized spacial score (nSPS) is 12.1. The van der Waals surface area contributed by atoms with Crippen molar-refractivity contribution in [2.45, 2.75) is 32.7 Å². The lowest BCUT2D eigenvalue weighted by Gasteiger charge is -2.14. The van der Waals surface area contributed by atoms with Crippen LogP contribution in [0.5, 0.6) is 0 Å². The monoisotopic (exact) mass is 297 g/mol. The molecule has 0 aliphatic heterocycles. The standard InChI is InChI=1S/C13H19N3O5/c1-6(2)10-14-7(3)9(12(19)16-10)11(18)15-8(5-17)13(20)21-4/h6,8,17H,5H2,1-4H3,(H,15,18)(H,14,16,19). The number of aliphatic hydroxyl groups is 1. The average Bonchev–Trinajstić information content (AvgIpc) is 2.42. The molecule has 0 aliphatic rings. The van der Waals surface area contributed by atoms with Crippen LogP contribution >= 0.6 is 0 Å². The second-order valence-electron chi connectivity index (χ2n) is 4.80. The number of carbonyl (C=O) groups excluding carboxylic acids is 2. The van der Waals surface area contributed by atoms with E-state index in [4.69, 9.17) is 5.11 Å². The van der Waals surface area contributed by atoms with Gasteiger partial charge in [0.15, 0.2) is 6.04 Å². The van der Waals surface area contributed by atoms with Crippen LogP contribution in [0, 0.1) is 6.92 Å². The lowest BCUT2D eigenvalue weighted by Crippen LogP contribution is -2.45. The van der Waals surface area contributed by atoms with Crippen molar-refractivity contribution in [2.75, 3.05) is 13.7 Å². The number of aromatic amines is 1. The average molecular weight is 297 g/mol. The molecule has 0 aliphatic carbocycles. The summed E-state index contributed by atoms with van der Waals surface area (Å²) in [6, 6.07) is -1.23. The molecule has 0 bridgehead atoms. The van der Waals surface area contributed by atoms with Crippen LogP contribution in [0.3, 0.4) is 0 Å². The van der Waals surface area contributed by atoms with Gasteiger partial charge in [-0.15, -0.1) is 0 Å². The molecule has 1 aromatic rings. The molecular formula is C13H19N3O5. The molecule has 1 unspecified atom stereocenters. The van der Waals surface area contributed by atoms with E-state index in [0.717, 1.165) is 7.11 Å². The first-order chi connectivity index (χ1) is 9.81. The van der Waals surface area contributed by atoms with Gasteiger partial charge >= 0.3 is 5.97 Å². The Kier molecular flexibility index (Phi) is 5.60. The van der Waals surface area contributed by atoms with Gasteiger partial charge in [0, 0.05) is 5.92 Å². The highest BCUT2D eigenvalue weighted by atomic mass is 16.5. The zero-order chi connectivity index (χ0) is 16.2. The van der Waals surface area contributed by atoms with Crippen LogP contribution in [-0.4, -0.2) is 46.7 Å². The van der Waals surface area contributed by atoms with Gasteiger partial charge in [-0.25, -0.2) is 9.78 Å². The van der Waals surface area contributed by atoms with Crippen LogP contribution in [0.15, 0.2) is 4.79 Å². The van der Waals surface area contributed by atoms with Gasteiger partial charge in [-0.2, -0.15) is 0 Å². The number of nitrogens with one attached hydrogen (secondary N) is 2. The molecule has 21 heavy (non-hydrogen) atoms. The van der Waals surface area contributed by atoms with Gasteiger partial charge in [0.05, 0.1) is 19.4 Å². The molecular weight excluding hydrogens is 278 g/mol. The predicted molar refractivity (Wildman–Crippen MR) is 74.0 cm³/mol. The van der Waals surface area contributed by atoms with E-state index < -0.39 is 30.1 Å². The van der Waals surface area contributed by atoms with E-state index in [0.29, 0.717) is 5.82 Å². The Morgan fingerprint density at radius 1 is 1.43 bits per heavy atom. The predicted octanol–water partition coefficient (Wildman–Crippen LogP) is -0.535. The van der Waals surface area contributed by atoms with Gasteiger partial charge in [-0.3, -0.25) is 9.59 Å². The number of ether oxygens (including phenoxy) is 1. The highest BCUT2D eigenvalue weighted by molar-refractivity contribution is 5.97. The summed E-state index contributed by atoms with van der Waals surface area (Å²) >= 11 is 0. The van der Waals surface area contributed by atoms with Gasteiger partial charge in [-0.05, 0) is 6.92 Å². The first kappa shape index (κ1) is 16.8. The summed E-state index contributed by atoms with van der Waals surface area (Å²) in [5.41, 5.74) is -0.534. The van der Waals surface area contributed by atoms with Crippen molar-refractivity contribution in [1.29, 1.82) is 0 Å². The summed E-state index contributed by atoms with van der Waals surface area (Å²) in [6.07, 6.45) is 0. The van der Waals surface area contributed by atoms with E-state index in [1.54, 1.807) is 0 Å². The molecule has 0 aromatic carbocycles. The Hall–Kier alpha value is -2.22. The first-order valence-electron chi connectivity index (χ1n) is 6.42. The molecule has 0 saturated carbocycles. The summed E-state index contributed by atoms with van der Waals surface area (Å²) in [6.45, 7) is 4.61. The number of carbonyl (C=O) groups is 2. The highest BCUT2D eigenvalue weighted by Crippen LogP contribution is 2.08. The Bertz CT molecular complexity index is 594. The van der Waals surface area contributed by atoms with E-state index in [1.807, 2.05) is 13.8 Å². The van der Waals surface area contributed by atoms with E-state index >= 15 is 0 Å². The largest absolute Gasteiger partial charge is 0.467 e. The van der Waals surface area contributed by atoms with Crippen molar-refractivity contribution in [3.05, 3.63) is 27.4 Å². The second kappa shape index (κ2) is 6.98. The zero-order valence-corrected chi connectivity index (χ0v) is 12.4. The van der Waals surface area contributed by atoms with Crippen molar-refractivity contribution in [3.8, 4) is 0 Å². The third-order valence-electron chi connectivity index (χ3n) is 2.87. The Morgan fingerprint density at radius 2 is 2.05 bits per heavy atom. The maximum Gasteiger partial charge on any atom is 0.330 e. The van der Waals surface area contributed by atoms with Crippen molar-refractivity contribution >= 4 is 11.9 Å². The topological polar surface area (TPSA) is 121 Å². The molecule has 116 valence electrons. The molecule has 1 atom stereocenters. The molecule has 0 fully saturated rings. The van der Waals surface area contributed by atoms with E-state index in [9.17, 15) is 14.4 Å². The fourth-order valence-corrected chi connectivity index (χ4v) is 1.70. The van der Waals surface area contributed by atoms with Crippen LogP contribution in [0.25, 0.3) is 0 Å². The number of aromatic nitrogens is 2. The number of nitrogens with zero attached hydrogens (tertiary/aromatic N) is 1. The quantitative estimate of drug-likeness (QED) is 0.628. The third kappa shape index (κ3) is 3.88. The number of H-pyrrole nitrogens is 1. The van der Waals surface area contributed by atoms with Crippen LogP contribution in [-0.2, 0) is 9.53 Å². The molecule has 0 spiro atoms. The second-order valence-corrected chi connectivity index (χ2v) is 4.80. The number of esters is 1. The zero-order valence-electron chi connectivity index (χ0n) is 12.4. The summed E-state index contributed by atoms with van der Waals surface area (Å²) in [7, 11) is 1.13. The smallest absolute Gasteiger partial charge is 0.330 e. The summed E-state index contributed by atoms with van der Waals surface area (Å²) in [4.78, 5) is 42.1. The lowest BCUT2D eigenvalue weighted by atomic mass is 10.1. The van der Waals surface area contributed by atoms with Crippen molar-refractivity contribution in [1.82, 2.24) is 15.3 Å². The van der Waals surface area contributed by atoms with Gasteiger partial charge < -0.3 is 20.1 Å². The molecule has 8 heteroatoms. The third-order valence-corrected chi connectivity index (χ3v) is 2.87. The number of methoxy groups -OCH3 is 1. The minimum absolute atomic E-state index is 0.00812. The maximum atomic E-state index is 12.1. The summed E-state index contributed by atoms with van der Waals surface area (Å²) in [5, 5.41) is 11.3. The van der Waals surface area contributed by atoms with Crippen LogP contribution < -0.4 is 10.9 Å². The van der Waals surface area contributed by atoms with Crippen LogP contribution in [0.2, 0.25) is 0 Å². The van der Waals surface area contributed by atoms with Crippen LogP contribution in [0.1, 0.15) is 41.6 Å². The van der Waals surface area contributed by atoms with Gasteiger partial charge in [0.2, 0.25) is 0 Å². The minimum Gasteiger partial charge on any atom is -0.467 e. The first-order valence-corrected chi connectivity index (χ1v) is 6.42. The molecule has 1 aromatic heterocycles. The Balaban J connectivity index is 3.08. The number of hydrogen-bond acceptors (Lipinski definition) is 6. The van der Waals surface area contributed by atoms with Crippen molar-refractivity contribution in [2.24, 2.45) is 0 Å². The molecule has 1 amide bonds. The van der Waals surface area contributed by atoms with Gasteiger partial charge in [0.25, 0.3) is 11.5 Å². The number of rotatable bonds is 5. The number of aryl methyl sites for hydroxylation is 1. The van der Waals surface area contributed by atoms with Crippen LogP contribution in [0.4, 0.5) is 0 Å². The van der Waals surface area contributed by atoms with Gasteiger partial charge in [-0.1, -0.05) is 13.8 Å². The van der Waals surface area contributed by atoms with Crippen molar-refractivity contribution < 1.29 is 19.4 Å². The Labute approximate surface area is 121 Å². The van der Waals surface area contributed by atoms with E-state index in [2.05, 4.69) is 20.0 Å². The Morgan fingerprint density at radius 3 is 2.48 bits per heavy atom. The highest BCUT2D eigenvalue weighted by Gasteiger charge is 2.24. The van der Waals surface area contributed by atoms with Crippen molar-refractivity contribution in [3.63, 3.8) is 0 Å². The summed E-state index contributed by atoms with van der Waals surface area (Å²) in [5.74, 6) is -1.11. The molecule has 0 radical (unpaired) electrons. The number of aliphatic hydroxyl groups excluding tert-OH is 1. The van der Waals surface area contributed by atoms with Gasteiger partial charge in [0.1, 0.15) is 11.4 Å².